The molecule has 0 saturated carbocycles. The van der Waals surface area contributed by atoms with E-state index in [2.05, 4.69) is 16.2 Å². The lowest BCUT2D eigenvalue weighted by molar-refractivity contribution is -0.125. The van der Waals surface area contributed by atoms with E-state index in [0.29, 0.717) is 5.02 Å². The van der Waals surface area contributed by atoms with Gasteiger partial charge in [-0.1, -0.05) is 11.6 Å². The minimum Gasteiger partial charge on any atom is -0.317 e. The van der Waals surface area contributed by atoms with E-state index in [4.69, 9.17) is 11.6 Å². The van der Waals surface area contributed by atoms with Gasteiger partial charge < -0.3 is 5.32 Å². The maximum Gasteiger partial charge on any atom is 0.241 e. The second kappa shape index (κ2) is 5.89. The van der Waals surface area contributed by atoms with Crippen LogP contribution < -0.4 is 16.2 Å². The summed E-state index contributed by atoms with van der Waals surface area (Å²) in [7, 11) is 0. The molecule has 1 amide bonds. The number of rotatable bonds is 3. The normalized spacial score (nSPS) is 16.5. The van der Waals surface area contributed by atoms with Gasteiger partial charge in [0.1, 0.15) is 0 Å². The SMILES string of the molecule is O=C(NNc1ccc(Cl)cc1)C1CCNCC1. The molecule has 3 N–H and O–H groups in total. The molecular formula is C12H16ClN3O. The van der Waals surface area contributed by atoms with Crippen molar-refractivity contribution in [2.75, 3.05) is 18.5 Å². The van der Waals surface area contributed by atoms with Gasteiger partial charge in [0.15, 0.2) is 0 Å². The molecule has 0 aliphatic carbocycles. The minimum atomic E-state index is 0.0569. The maximum atomic E-state index is 11.8. The van der Waals surface area contributed by atoms with Crippen molar-refractivity contribution in [3.05, 3.63) is 29.3 Å². The first-order valence-electron chi connectivity index (χ1n) is 5.78. The topological polar surface area (TPSA) is 53.2 Å². The number of carbonyl (C=O) groups excluding carboxylic acids is 1. The summed E-state index contributed by atoms with van der Waals surface area (Å²) in [5.41, 5.74) is 6.45. The summed E-state index contributed by atoms with van der Waals surface area (Å²) < 4.78 is 0. The number of carbonyl (C=O) groups is 1. The first-order valence-corrected chi connectivity index (χ1v) is 6.15. The zero-order valence-electron chi connectivity index (χ0n) is 9.50. The molecule has 1 aliphatic rings. The Bertz CT molecular complexity index is 374. The van der Waals surface area contributed by atoms with E-state index in [-0.39, 0.29) is 11.8 Å². The van der Waals surface area contributed by atoms with Gasteiger partial charge in [0.05, 0.1) is 5.69 Å². The van der Waals surface area contributed by atoms with Crippen LogP contribution in [-0.2, 0) is 4.79 Å². The number of hydrogen-bond donors (Lipinski definition) is 3. The molecule has 17 heavy (non-hydrogen) atoms. The lowest BCUT2D eigenvalue weighted by Crippen LogP contribution is -2.40. The summed E-state index contributed by atoms with van der Waals surface area (Å²) in [6.45, 7) is 1.83. The van der Waals surface area contributed by atoms with Crippen LogP contribution in [0.3, 0.4) is 0 Å². The van der Waals surface area contributed by atoms with Crippen molar-refractivity contribution < 1.29 is 4.79 Å². The molecule has 0 spiro atoms. The van der Waals surface area contributed by atoms with Gasteiger partial charge in [-0.15, -0.1) is 0 Å². The first-order chi connectivity index (χ1) is 8.25. The van der Waals surface area contributed by atoms with Gasteiger partial charge in [0.25, 0.3) is 0 Å². The molecule has 1 fully saturated rings. The molecule has 0 bridgehead atoms. The lowest BCUT2D eigenvalue weighted by Gasteiger charge is -2.22. The highest BCUT2D eigenvalue weighted by Gasteiger charge is 2.20. The van der Waals surface area contributed by atoms with Gasteiger partial charge in [-0.25, -0.2) is 0 Å². The number of nitrogens with one attached hydrogen (secondary N) is 3. The average molecular weight is 254 g/mol. The fourth-order valence-electron chi connectivity index (χ4n) is 1.85. The standard InChI is InChI=1S/C12H16ClN3O/c13-10-1-3-11(4-2-10)15-16-12(17)9-5-7-14-8-6-9/h1-4,9,14-15H,5-8H2,(H,16,17). The van der Waals surface area contributed by atoms with Gasteiger partial charge in [0.2, 0.25) is 5.91 Å². The molecule has 0 aromatic heterocycles. The Morgan fingerprint density at radius 3 is 2.53 bits per heavy atom. The molecule has 1 aromatic carbocycles. The number of piperidine rings is 1. The Morgan fingerprint density at radius 2 is 1.88 bits per heavy atom. The number of anilines is 1. The number of hydrazine groups is 1. The fourth-order valence-corrected chi connectivity index (χ4v) is 1.98. The van der Waals surface area contributed by atoms with E-state index in [9.17, 15) is 4.79 Å². The van der Waals surface area contributed by atoms with E-state index in [1.807, 2.05) is 12.1 Å². The van der Waals surface area contributed by atoms with Crippen molar-refractivity contribution in [2.24, 2.45) is 5.92 Å². The highest BCUT2D eigenvalue weighted by molar-refractivity contribution is 6.30. The van der Waals surface area contributed by atoms with Crippen LogP contribution in [0.15, 0.2) is 24.3 Å². The smallest absolute Gasteiger partial charge is 0.241 e. The second-order valence-electron chi connectivity index (χ2n) is 4.15. The Kier molecular flexibility index (Phi) is 4.23. The van der Waals surface area contributed by atoms with E-state index >= 15 is 0 Å². The van der Waals surface area contributed by atoms with Crippen LogP contribution in [0.2, 0.25) is 5.02 Å². The monoisotopic (exact) mass is 253 g/mol. The lowest BCUT2D eigenvalue weighted by atomic mass is 9.98. The number of amides is 1. The van der Waals surface area contributed by atoms with Crippen LogP contribution in [0.1, 0.15) is 12.8 Å². The van der Waals surface area contributed by atoms with Crippen LogP contribution >= 0.6 is 11.6 Å². The molecule has 0 unspecified atom stereocenters. The van der Waals surface area contributed by atoms with Gasteiger partial charge in [-0.05, 0) is 50.2 Å². The average Bonchev–Trinajstić information content (AvgIpc) is 2.39. The quantitative estimate of drug-likeness (QED) is 0.720. The zero-order chi connectivity index (χ0) is 12.1. The van der Waals surface area contributed by atoms with Crippen LogP contribution in [0.25, 0.3) is 0 Å². The summed E-state index contributed by atoms with van der Waals surface area (Å²) >= 11 is 5.77. The number of halogens is 1. The zero-order valence-corrected chi connectivity index (χ0v) is 10.3. The molecule has 1 saturated heterocycles. The van der Waals surface area contributed by atoms with Crippen molar-refractivity contribution in [1.29, 1.82) is 0 Å². The van der Waals surface area contributed by atoms with Crippen molar-refractivity contribution in [3.63, 3.8) is 0 Å². The predicted molar refractivity (Wildman–Crippen MR) is 68.8 cm³/mol. The van der Waals surface area contributed by atoms with E-state index in [1.54, 1.807) is 12.1 Å². The van der Waals surface area contributed by atoms with E-state index in [0.717, 1.165) is 31.6 Å². The van der Waals surface area contributed by atoms with E-state index in [1.165, 1.54) is 0 Å². The van der Waals surface area contributed by atoms with Crippen molar-refractivity contribution >= 4 is 23.2 Å². The van der Waals surface area contributed by atoms with E-state index < -0.39 is 0 Å². The van der Waals surface area contributed by atoms with Crippen molar-refractivity contribution in [2.45, 2.75) is 12.8 Å². The number of hydrogen-bond acceptors (Lipinski definition) is 3. The van der Waals surface area contributed by atoms with Crippen LogP contribution in [0.4, 0.5) is 5.69 Å². The molecule has 1 aliphatic heterocycles. The summed E-state index contributed by atoms with van der Waals surface area (Å²) in [5, 5.41) is 3.92. The Balaban J connectivity index is 1.81. The van der Waals surface area contributed by atoms with Gasteiger partial charge in [-0.2, -0.15) is 0 Å². The summed E-state index contributed by atoms with van der Waals surface area (Å²) in [5.74, 6) is 0.164. The van der Waals surface area contributed by atoms with Crippen LogP contribution in [0, 0.1) is 5.92 Å². The molecular weight excluding hydrogens is 238 g/mol. The Labute approximate surface area is 106 Å². The Hall–Kier alpha value is -1.26. The highest BCUT2D eigenvalue weighted by Crippen LogP contribution is 2.14. The minimum absolute atomic E-state index is 0.0569. The predicted octanol–water partition coefficient (Wildman–Crippen LogP) is 1.78. The largest absolute Gasteiger partial charge is 0.317 e. The van der Waals surface area contributed by atoms with Crippen molar-refractivity contribution in [3.8, 4) is 0 Å². The molecule has 0 radical (unpaired) electrons. The third-order valence-electron chi connectivity index (χ3n) is 2.88. The maximum absolute atomic E-state index is 11.8. The third kappa shape index (κ3) is 3.61. The molecule has 5 heteroatoms. The van der Waals surface area contributed by atoms with Gasteiger partial charge in [0, 0.05) is 10.9 Å². The highest BCUT2D eigenvalue weighted by atomic mass is 35.5. The van der Waals surface area contributed by atoms with Gasteiger partial charge in [-0.3, -0.25) is 15.6 Å². The molecule has 1 heterocycles. The first kappa shape index (κ1) is 12.2. The van der Waals surface area contributed by atoms with Gasteiger partial charge >= 0.3 is 0 Å². The van der Waals surface area contributed by atoms with Crippen molar-refractivity contribution in [1.82, 2.24) is 10.7 Å². The summed E-state index contributed by atoms with van der Waals surface area (Å²) in [4.78, 5) is 11.8. The summed E-state index contributed by atoms with van der Waals surface area (Å²) in [6, 6.07) is 7.21. The fraction of sp³-hybridized carbons (Fsp3) is 0.417. The molecule has 1 aromatic rings. The van der Waals surface area contributed by atoms with Crippen LogP contribution in [-0.4, -0.2) is 19.0 Å². The number of benzene rings is 1. The Morgan fingerprint density at radius 1 is 1.24 bits per heavy atom. The van der Waals surface area contributed by atoms with Crippen LogP contribution in [0.5, 0.6) is 0 Å². The molecule has 4 nitrogen and oxygen atoms in total. The summed E-state index contributed by atoms with van der Waals surface area (Å²) in [6.07, 6.45) is 1.79. The molecule has 92 valence electrons. The third-order valence-corrected chi connectivity index (χ3v) is 3.14. The second-order valence-corrected chi connectivity index (χ2v) is 4.58. The molecule has 0 atom stereocenters. The molecule has 2 rings (SSSR count).